The molecule has 16 heavy (non-hydrogen) atoms. The largest absolute Gasteiger partial charge is 0.497 e. The van der Waals surface area contributed by atoms with Gasteiger partial charge in [-0.2, -0.15) is 0 Å². The summed E-state index contributed by atoms with van der Waals surface area (Å²) in [4.78, 5) is 4.56. The molecule has 1 saturated carbocycles. The smallest absolute Gasteiger partial charge is 0.122 e. The zero-order valence-electron chi connectivity index (χ0n) is 9.52. The number of fused-ring (bicyclic) bond motifs is 1. The number of hydrogen-bond donors (Lipinski definition) is 0. The van der Waals surface area contributed by atoms with Crippen LogP contribution in [-0.2, 0) is 0 Å². The van der Waals surface area contributed by atoms with Crippen molar-refractivity contribution in [3.8, 4) is 5.75 Å². The molecule has 0 spiro atoms. The molecule has 0 saturated heterocycles. The Bertz CT molecular complexity index is 498. The highest BCUT2D eigenvalue weighted by molar-refractivity contribution is 5.50. The first kappa shape index (κ1) is 9.70. The van der Waals surface area contributed by atoms with E-state index < -0.39 is 0 Å². The van der Waals surface area contributed by atoms with Crippen LogP contribution in [0.5, 0.6) is 5.75 Å². The Kier molecular flexibility index (Phi) is 2.31. The summed E-state index contributed by atoms with van der Waals surface area (Å²) < 4.78 is 7.41. The van der Waals surface area contributed by atoms with Crippen LogP contribution < -0.4 is 4.74 Å². The average Bonchev–Trinajstić information content (AvgIpc) is 2.96. The minimum atomic E-state index is 0.649. The molecule has 0 bridgehead atoms. The van der Waals surface area contributed by atoms with E-state index in [0.29, 0.717) is 5.92 Å². The molecule has 2 aromatic heterocycles. The Morgan fingerprint density at radius 1 is 1.38 bits per heavy atom. The van der Waals surface area contributed by atoms with Gasteiger partial charge in [-0.3, -0.25) is 0 Å². The fraction of sp³-hybridized carbons (Fsp3) is 0.462. The summed E-state index contributed by atoms with van der Waals surface area (Å²) in [6.07, 6.45) is 9.26. The number of hydrogen-bond acceptors (Lipinski definition) is 2. The quantitative estimate of drug-likeness (QED) is 0.771. The molecule has 3 rings (SSSR count). The lowest BCUT2D eigenvalue weighted by atomic mass is 10.1. The molecule has 0 radical (unpaired) electrons. The zero-order valence-corrected chi connectivity index (χ0v) is 9.52. The predicted molar refractivity (Wildman–Crippen MR) is 63.0 cm³/mol. The van der Waals surface area contributed by atoms with Crippen molar-refractivity contribution in [2.45, 2.75) is 31.6 Å². The molecule has 2 aromatic rings. The number of imidazole rings is 1. The summed E-state index contributed by atoms with van der Waals surface area (Å²) in [7, 11) is 1.69. The van der Waals surface area contributed by atoms with E-state index in [-0.39, 0.29) is 0 Å². The monoisotopic (exact) mass is 216 g/mol. The van der Waals surface area contributed by atoms with Gasteiger partial charge in [0.15, 0.2) is 0 Å². The van der Waals surface area contributed by atoms with Crippen molar-refractivity contribution in [2.24, 2.45) is 0 Å². The fourth-order valence-corrected chi connectivity index (χ4v) is 2.61. The van der Waals surface area contributed by atoms with Crippen molar-refractivity contribution in [1.29, 1.82) is 0 Å². The molecule has 3 nitrogen and oxygen atoms in total. The van der Waals surface area contributed by atoms with Gasteiger partial charge in [0, 0.05) is 18.2 Å². The van der Waals surface area contributed by atoms with E-state index in [1.54, 1.807) is 7.11 Å². The third-order valence-corrected chi connectivity index (χ3v) is 3.49. The number of nitrogens with zero attached hydrogens (tertiary/aromatic N) is 2. The second kappa shape index (κ2) is 3.81. The summed E-state index contributed by atoms with van der Waals surface area (Å²) in [6, 6.07) is 4.03. The first-order valence-electron chi connectivity index (χ1n) is 5.89. The maximum Gasteiger partial charge on any atom is 0.122 e. The van der Waals surface area contributed by atoms with Gasteiger partial charge in [-0.1, -0.05) is 12.8 Å². The van der Waals surface area contributed by atoms with Gasteiger partial charge in [0.2, 0.25) is 0 Å². The first-order valence-corrected chi connectivity index (χ1v) is 5.89. The fourth-order valence-electron chi connectivity index (χ4n) is 2.61. The van der Waals surface area contributed by atoms with Crippen molar-refractivity contribution in [3.63, 3.8) is 0 Å². The van der Waals surface area contributed by atoms with Crippen LogP contribution in [0.25, 0.3) is 5.52 Å². The standard InChI is InChI=1S/C13H16N2O/c1-16-12-6-7-15-11(8-12)9-14-13(15)10-4-2-3-5-10/h6-10H,2-5H2,1H3. The summed E-state index contributed by atoms with van der Waals surface area (Å²) in [5.41, 5.74) is 1.13. The molecule has 0 N–H and O–H groups in total. The minimum absolute atomic E-state index is 0.649. The number of rotatable bonds is 2. The second-order valence-corrected chi connectivity index (χ2v) is 4.46. The van der Waals surface area contributed by atoms with Crippen molar-refractivity contribution in [1.82, 2.24) is 9.38 Å². The van der Waals surface area contributed by atoms with Gasteiger partial charge in [-0.25, -0.2) is 4.98 Å². The SMILES string of the molecule is COc1ccn2c(C3CCCC3)ncc2c1. The molecule has 1 aliphatic carbocycles. The highest BCUT2D eigenvalue weighted by Gasteiger charge is 2.21. The van der Waals surface area contributed by atoms with Crippen molar-refractivity contribution < 1.29 is 4.74 Å². The molecular weight excluding hydrogens is 200 g/mol. The summed E-state index contributed by atoms with van der Waals surface area (Å²) in [5, 5.41) is 0. The van der Waals surface area contributed by atoms with Gasteiger partial charge in [-0.05, 0) is 18.9 Å². The molecule has 1 aliphatic rings. The van der Waals surface area contributed by atoms with Gasteiger partial charge >= 0.3 is 0 Å². The molecule has 0 atom stereocenters. The van der Waals surface area contributed by atoms with Gasteiger partial charge in [-0.15, -0.1) is 0 Å². The Hall–Kier alpha value is -1.51. The highest BCUT2D eigenvalue weighted by Crippen LogP contribution is 2.33. The van der Waals surface area contributed by atoms with Crippen molar-refractivity contribution in [3.05, 3.63) is 30.4 Å². The van der Waals surface area contributed by atoms with Gasteiger partial charge in [0.25, 0.3) is 0 Å². The Balaban J connectivity index is 2.06. The van der Waals surface area contributed by atoms with Crippen LogP contribution in [0, 0.1) is 0 Å². The Morgan fingerprint density at radius 3 is 2.94 bits per heavy atom. The Labute approximate surface area is 95.1 Å². The molecule has 1 fully saturated rings. The van der Waals surface area contributed by atoms with Crippen LogP contribution in [0.4, 0.5) is 0 Å². The average molecular weight is 216 g/mol. The molecule has 0 amide bonds. The Morgan fingerprint density at radius 2 is 2.19 bits per heavy atom. The summed E-state index contributed by atoms with van der Waals surface area (Å²) >= 11 is 0. The van der Waals surface area contributed by atoms with Crippen molar-refractivity contribution >= 4 is 5.52 Å². The predicted octanol–water partition coefficient (Wildman–Crippen LogP) is 3.00. The molecule has 84 valence electrons. The van der Waals surface area contributed by atoms with E-state index in [2.05, 4.69) is 15.6 Å². The van der Waals surface area contributed by atoms with Gasteiger partial charge < -0.3 is 9.14 Å². The van der Waals surface area contributed by atoms with E-state index in [0.717, 1.165) is 11.3 Å². The van der Waals surface area contributed by atoms with Crippen LogP contribution in [0.15, 0.2) is 24.5 Å². The third-order valence-electron chi connectivity index (χ3n) is 3.49. The molecular formula is C13H16N2O. The molecule has 0 unspecified atom stereocenters. The summed E-state index contributed by atoms with van der Waals surface area (Å²) in [5.74, 6) is 2.76. The van der Waals surface area contributed by atoms with Crippen LogP contribution in [0.1, 0.15) is 37.4 Å². The number of aromatic nitrogens is 2. The minimum Gasteiger partial charge on any atom is -0.497 e. The summed E-state index contributed by atoms with van der Waals surface area (Å²) in [6.45, 7) is 0. The maximum absolute atomic E-state index is 5.22. The van der Waals surface area contributed by atoms with Gasteiger partial charge in [0.1, 0.15) is 11.6 Å². The molecule has 0 aliphatic heterocycles. The zero-order chi connectivity index (χ0) is 11.0. The van der Waals surface area contributed by atoms with E-state index >= 15 is 0 Å². The lowest BCUT2D eigenvalue weighted by Gasteiger charge is -2.08. The number of methoxy groups -OCH3 is 1. The normalized spacial score (nSPS) is 17.1. The second-order valence-electron chi connectivity index (χ2n) is 4.46. The molecule has 3 heteroatoms. The molecule has 2 heterocycles. The third kappa shape index (κ3) is 1.47. The van der Waals surface area contributed by atoms with Gasteiger partial charge in [0.05, 0.1) is 18.8 Å². The van der Waals surface area contributed by atoms with Crippen LogP contribution >= 0.6 is 0 Å². The maximum atomic E-state index is 5.22. The topological polar surface area (TPSA) is 26.5 Å². The first-order chi connectivity index (χ1) is 7.88. The lowest BCUT2D eigenvalue weighted by Crippen LogP contribution is -1.99. The van der Waals surface area contributed by atoms with E-state index in [1.165, 1.54) is 31.5 Å². The van der Waals surface area contributed by atoms with E-state index in [1.807, 2.05) is 18.3 Å². The van der Waals surface area contributed by atoms with E-state index in [4.69, 9.17) is 4.74 Å². The number of pyridine rings is 1. The van der Waals surface area contributed by atoms with Crippen LogP contribution in [0.3, 0.4) is 0 Å². The van der Waals surface area contributed by atoms with Crippen molar-refractivity contribution in [2.75, 3.05) is 7.11 Å². The van der Waals surface area contributed by atoms with Crippen LogP contribution in [-0.4, -0.2) is 16.5 Å². The molecule has 0 aromatic carbocycles. The number of ether oxygens (including phenoxy) is 1. The highest BCUT2D eigenvalue weighted by atomic mass is 16.5. The van der Waals surface area contributed by atoms with E-state index in [9.17, 15) is 0 Å². The van der Waals surface area contributed by atoms with Crippen LogP contribution in [0.2, 0.25) is 0 Å². The lowest BCUT2D eigenvalue weighted by molar-refractivity contribution is 0.414.